The number of hydrogen-bond donors (Lipinski definition) is 1. The van der Waals surface area contributed by atoms with Crippen LogP contribution in [-0.4, -0.2) is 22.7 Å². The first kappa shape index (κ1) is 11.6. The molecule has 15 heavy (non-hydrogen) atoms. The molecule has 0 saturated carbocycles. The summed E-state index contributed by atoms with van der Waals surface area (Å²) in [7, 11) is 0. The van der Waals surface area contributed by atoms with Crippen LogP contribution in [0.25, 0.3) is 0 Å². The maximum Gasteiger partial charge on any atom is 0.388 e. The molecule has 0 spiro atoms. The van der Waals surface area contributed by atoms with Crippen molar-refractivity contribution in [2.75, 3.05) is 0 Å². The zero-order valence-electron chi connectivity index (χ0n) is 7.28. The van der Waals surface area contributed by atoms with Gasteiger partial charge in [-0.25, -0.2) is 4.98 Å². The second kappa shape index (κ2) is 4.88. The van der Waals surface area contributed by atoms with E-state index in [0.717, 1.165) is 6.20 Å². The standard InChI is InChI=1S/C8H6ClF2NO3/c9-5-1-2-12-7(15-8(10)11)4(5)3-6(13)14/h1-2,8H,3H2,(H,13,14). The van der Waals surface area contributed by atoms with Crippen molar-refractivity contribution in [1.29, 1.82) is 0 Å². The van der Waals surface area contributed by atoms with Gasteiger partial charge in [-0.2, -0.15) is 8.78 Å². The molecule has 1 heterocycles. The average molecular weight is 238 g/mol. The van der Waals surface area contributed by atoms with E-state index < -0.39 is 24.9 Å². The molecule has 0 aliphatic heterocycles. The van der Waals surface area contributed by atoms with E-state index in [1.54, 1.807) is 0 Å². The quantitative estimate of drug-likeness (QED) is 0.870. The molecule has 1 rings (SSSR count). The summed E-state index contributed by atoms with van der Waals surface area (Å²) in [6.07, 6.45) is 0.639. The smallest absolute Gasteiger partial charge is 0.388 e. The number of hydrogen-bond acceptors (Lipinski definition) is 3. The number of rotatable bonds is 4. The summed E-state index contributed by atoms with van der Waals surface area (Å²) in [5.74, 6) is -1.66. The van der Waals surface area contributed by atoms with Crippen LogP contribution in [0.3, 0.4) is 0 Å². The molecule has 0 atom stereocenters. The minimum absolute atomic E-state index is 0.0306. The number of aliphatic carboxylic acids is 1. The van der Waals surface area contributed by atoms with Gasteiger partial charge in [0.15, 0.2) is 0 Å². The lowest BCUT2D eigenvalue weighted by atomic mass is 10.2. The van der Waals surface area contributed by atoms with Crippen LogP contribution in [-0.2, 0) is 11.2 Å². The summed E-state index contributed by atoms with van der Waals surface area (Å²) in [6.45, 7) is -3.07. The highest BCUT2D eigenvalue weighted by Gasteiger charge is 2.16. The summed E-state index contributed by atoms with van der Waals surface area (Å²) < 4.78 is 27.9. The van der Waals surface area contributed by atoms with E-state index in [-0.39, 0.29) is 10.6 Å². The van der Waals surface area contributed by atoms with Crippen molar-refractivity contribution in [2.45, 2.75) is 13.0 Å². The van der Waals surface area contributed by atoms with Crippen LogP contribution >= 0.6 is 11.6 Å². The lowest BCUT2D eigenvalue weighted by Gasteiger charge is -2.08. The fourth-order valence-electron chi connectivity index (χ4n) is 0.948. The minimum Gasteiger partial charge on any atom is -0.481 e. The molecule has 0 radical (unpaired) electrons. The molecule has 0 aliphatic carbocycles. The molecular formula is C8H6ClF2NO3. The highest BCUT2D eigenvalue weighted by Crippen LogP contribution is 2.25. The number of halogens is 3. The fourth-order valence-corrected chi connectivity index (χ4v) is 1.15. The van der Waals surface area contributed by atoms with Crippen LogP contribution < -0.4 is 4.74 Å². The largest absolute Gasteiger partial charge is 0.481 e. The number of ether oxygens (including phenoxy) is 1. The van der Waals surface area contributed by atoms with Crippen LogP contribution in [0.5, 0.6) is 5.88 Å². The van der Waals surface area contributed by atoms with Crippen molar-refractivity contribution < 1.29 is 23.4 Å². The number of alkyl halides is 2. The van der Waals surface area contributed by atoms with E-state index in [4.69, 9.17) is 16.7 Å². The number of aromatic nitrogens is 1. The Balaban J connectivity index is 3.02. The maximum absolute atomic E-state index is 11.9. The molecule has 0 saturated heterocycles. The lowest BCUT2D eigenvalue weighted by molar-refractivity contribution is -0.136. The summed E-state index contributed by atoms with van der Waals surface area (Å²) in [5.41, 5.74) is -0.0630. The Kier molecular flexibility index (Phi) is 3.79. The number of carbonyl (C=O) groups is 1. The molecule has 1 aromatic rings. The number of pyridine rings is 1. The minimum atomic E-state index is -3.07. The highest BCUT2D eigenvalue weighted by atomic mass is 35.5. The van der Waals surface area contributed by atoms with Gasteiger partial charge in [0.25, 0.3) is 0 Å². The van der Waals surface area contributed by atoms with Gasteiger partial charge < -0.3 is 9.84 Å². The van der Waals surface area contributed by atoms with Gasteiger partial charge in [0.1, 0.15) is 0 Å². The molecule has 4 nitrogen and oxygen atoms in total. The molecule has 82 valence electrons. The zero-order chi connectivity index (χ0) is 11.4. The zero-order valence-corrected chi connectivity index (χ0v) is 8.04. The lowest BCUT2D eigenvalue weighted by Crippen LogP contribution is -2.09. The molecule has 0 aromatic carbocycles. The van der Waals surface area contributed by atoms with Gasteiger partial charge in [0.05, 0.1) is 11.4 Å². The first-order chi connectivity index (χ1) is 7.00. The molecule has 7 heteroatoms. The van der Waals surface area contributed by atoms with Crippen LogP contribution in [0, 0.1) is 0 Å². The Morgan fingerprint density at radius 3 is 2.87 bits per heavy atom. The topological polar surface area (TPSA) is 59.4 Å². The van der Waals surface area contributed by atoms with Crippen LogP contribution in [0.1, 0.15) is 5.56 Å². The van der Waals surface area contributed by atoms with Crippen LogP contribution in [0.15, 0.2) is 12.3 Å². The number of carboxylic acids is 1. The summed E-state index contributed by atoms with van der Waals surface area (Å²) in [5, 5.41) is 8.55. The first-order valence-corrected chi connectivity index (χ1v) is 4.18. The van der Waals surface area contributed by atoms with Gasteiger partial charge in [-0.15, -0.1) is 0 Å². The molecule has 1 aromatic heterocycles. The third kappa shape index (κ3) is 3.32. The van der Waals surface area contributed by atoms with Crippen molar-refractivity contribution in [3.05, 3.63) is 22.8 Å². The van der Waals surface area contributed by atoms with E-state index in [1.807, 2.05) is 0 Å². The van der Waals surface area contributed by atoms with E-state index in [9.17, 15) is 13.6 Å². The Hall–Kier alpha value is -1.43. The Morgan fingerprint density at radius 1 is 1.67 bits per heavy atom. The van der Waals surface area contributed by atoms with Gasteiger partial charge >= 0.3 is 12.6 Å². The van der Waals surface area contributed by atoms with E-state index in [2.05, 4.69) is 9.72 Å². The molecule has 1 N–H and O–H groups in total. The van der Waals surface area contributed by atoms with Crippen molar-refractivity contribution in [3.63, 3.8) is 0 Å². The monoisotopic (exact) mass is 237 g/mol. The van der Waals surface area contributed by atoms with Crippen molar-refractivity contribution in [2.24, 2.45) is 0 Å². The maximum atomic E-state index is 11.9. The molecule has 0 bridgehead atoms. The normalized spacial score (nSPS) is 10.4. The average Bonchev–Trinajstić information content (AvgIpc) is 2.09. The summed E-state index contributed by atoms with van der Waals surface area (Å²) in [6, 6.07) is 1.30. The third-order valence-electron chi connectivity index (χ3n) is 1.49. The van der Waals surface area contributed by atoms with Gasteiger partial charge in [0, 0.05) is 11.8 Å². The van der Waals surface area contributed by atoms with Crippen LogP contribution in [0.4, 0.5) is 8.78 Å². The Morgan fingerprint density at radius 2 is 2.33 bits per heavy atom. The SMILES string of the molecule is O=C(O)Cc1c(Cl)ccnc1OC(F)F. The molecule has 0 fully saturated rings. The van der Waals surface area contributed by atoms with Crippen LogP contribution in [0.2, 0.25) is 5.02 Å². The fraction of sp³-hybridized carbons (Fsp3) is 0.250. The summed E-state index contributed by atoms with van der Waals surface area (Å²) >= 11 is 5.63. The van der Waals surface area contributed by atoms with Crippen molar-refractivity contribution in [3.8, 4) is 5.88 Å². The van der Waals surface area contributed by atoms with Crippen molar-refractivity contribution in [1.82, 2.24) is 4.98 Å². The third-order valence-corrected chi connectivity index (χ3v) is 1.84. The predicted octanol–water partition coefficient (Wildman–Crippen LogP) is 1.96. The van der Waals surface area contributed by atoms with Crippen molar-refractivity contribution >= 4 is 17.6 Å². The van der Waals surface area contributed by atoms with Gasteiger partial charge in [-0.3, -0.25) is 4.79 Å². The number of nitrogens with zero attached hydrogens (tertiary/aromatic N) is 1. The predicted molar refractivity (Wildman–Crippen MR) is 47.2 cm³/mol. The highest BCUT2D eigenvalue weighted by molar-refractivity contribution is 6.31. The van der Waals surface area contributed by atoms with Gasteiger partial charge in [0.2, 0.25) is 5.88 Å². The first-order valence-electron chi connectivity index (χ1n) is 3.80. The Bertz CT molecular complexity index is 373. The van der Waals surface area contributed by atoms with E-state index >= 15 is 0 Å². The Labute approximate surface area is 88.4 Å². The molecule has 0 amide bonds. The molecular weight excluding hydrogens is 232 g/mol. The second-order valence-electron chi connectivity index (χ2n) is 2.53. The second-order valence-corrected chi connectivity index (χ2v) is 2.93. The van der Waals surface area contributed by atoms with Gasteiger partial charge in [-0.1, -0.05) is 11.6 Å². The van der Waals surface area contributed by atoms with Gasteiger partial charge in [-0.05, 0) is 6.07 Å². The number of carboxylic acid groups (broad SMARTS) is 1. The molecule has 0 unspecified atom stereocenters. The molecule has 0 aliphatic rings. The van der Waals surface area contributed by atoms with E-state index in [0.29, 0.717) is 0 Å². The van der Waals surface area contributed by atoms with E-state index in [1.165, 1.54) is 6.07 Å². The summed E-state index contributed by atoms with van der Waals surface area (Å²) in [4.78, 5) is 13.9.